The van der Waals surface area contributed by atoms with Gasteiger partial charge >= 0.3 is 6.36 Å². The molecule has 1 rings (SSSR count). The predicted octanol–water partition coefficient (Wildman–Crippen LogP) is 1.92. The maximum atomic E-state index is 11.8. The Balaban J connectivity index is 3.02. The molecule has 0 aromatic carbocycles. The zero-order chi connectivity index (χ0) is 12.2. The topological polar surface area (TPSA) is 69.7 Å². The molecule has 82 valence electrons. The van der Waals surface area contributed by atoms with Gasteiger partial charge in [-0.1, -0.05) is 0 Å². The van der Waals surface area contributed by atoms with Gasteiger partial charge in [-0.25, -0.2) is 0 Å². The average molecular weight is 227 g/mol. The Labute approximate surface area is 88.5 Å². The van der Waals surface area contributed by atoms with Gasteiger partial charge in [-0.15, -0.1) is 13.2 Å². The Bertz CT molecular complexity index is 470. The highest BCUT2D eigenvalue weighted by atomic mass is 19.4. The summed E-state index contributed by atoms with van der Waals surface area (Å²) >= 11 is 0. The van der Waals surface area contributed by atoms with Gasteiger partial charge in [0, 0.05) is 6.07 Å². The summed E-state index contributed by atoms with van der Waals surface area (Å²) in [6.07, 6.45) is -4.15. The zero-order valence-corrected chi connectivity index (χ0v) is 7.75. The van der Waals surface area contributed by atoms with E-state index in [9.17, 15) is 13.2 Å². The third-order valence-electron chi connectivity index (χ3n) is 1.55. The summed E-state index contributed by atoms with van der Waals surface area (Å²) in [6.45, 7) is 0. The summed E-state index contributed by atoms with van der Waals surface area (Å²) in [5, 5.41) is 17.0. The van der Waals surface area contributed by atoms with Crippen molar-refractivity contribution in [2.45, 2.75) is 12.8 Å². The van der Waals surface area contributed by atoms with Gasteiger partial charge in [0.2, 0.25) is 0 Å². The molecule has 0 aliphatic heterocycles. The van der Waals surface area contributed by atoms with Crippen molar-refractivity contribution in [2.75, 3.05) is 0 Å². The molecule has 0 spiro atoms. The molecule has 1 heterocycles. The molecule has 16 heavy (non-hydrogen) atoms. The number of nitrogens with zero attached hydrogens (tertiary/aromatic N) is 3. The fourth-order valence-electron chi connectivity index (χ4n) is 0.976. The van der Waals surface area contributed by atoms with E-state index in [1.54, 1.807) is 12.1 Å². The normalized spacial score (nSPS) is 10.3. The summed E-state index contributed by atoms with van der Waals surface area (Å²) < 4.78 is 39.1. The van der Waals surface area contributed by atoms with Crippen LogP contribution in [0.5, 0.6) is 5.75 Å². The molecule has 0 atom stereocenters. The van der Waals surface area contributed by atoms with Crippen LogP contribution in [0.1, 0.15) is 11.3 Å². The van der Waals surface area contributed by atoms with E-state index in [4.69, 9.17) is 10.5 Å². The fraction of sp³-hybridized carbons (Fsp3) is 0.222. The fourth-order valence-corrected chi connectivity index (χ4v) is 0.976. The lowest BCUT2D eigenvalue weighted by molar-refractivity contribution is -0.274. The molecular weight excluding hydrogens is 223 g/mol. The number of hydrogen-bond acceptors (Lipinski definition) is 4. The summed E-state index contributed by atoms with van der Waals surface area (Å²) in [5.74, 6) is -0.578. The summed E-state index contributed by atoms with van der Waals surface area (Å²) in [6, 6.07) is 4.29. The van der Waals surface area contributed by atoms with Crippen LogP contribution in [0.15, 0.2) is 12.3 Å². The molecule has 0 radical (unpaired) electrons. The van der Waals surface area contributed by atoms with Gasteiger partial charge in [0.05, 0.1) is 29.9 Å². The second-order valence-corrected chi connectivity index (χ2v) is 2.66. The molecule has 0 saturated carbocycles. The molecule has 0 bridgehead atoms. The molecule has 7 heteroatoms. The van der Waals surface area contributed by atoms with Crippen molar-refractivity contribution in [1.29, 1.82) is 10.5 Å². The number of nitriles is 2. The molecule has 0 amide bonds. The van der Waals surface area contributed by atoms with E-state index in [-0.39, 0.29) is 17.7 Å². The third-order valence-corrected chi connectivity index (χ3v) is 1.55. The highest BCUT2D eigenvalue weighted by Gasteiger charge is 2.31. The van der Waals surface area contributed by atoms with Gasteiger partial charge in [-0.05, 0) is 0 Å². The van der Waals surface area contributed by atoms with Crippen LogP contribution < -0.4 is 4.74 Å². The second kappa shape index (κ2) is 4.49. The van der Waals surface area contributed by atoms with Crippen LogP contribution in [0.25, 0.3) is 0 Å². The predicted molar refractivity (Wildman–Crippen MR) is 45.0 cm³/mol. The Morgan fingerprint density at radius 2 is 2.06 bits per heavy atom. The van der Waals surface area contributed by atoms with Crippen molar-refractivity contribution in [3.8, 4) is 17.9 Å². The molecule has 1 aromatic heterocycles. The van der Waals surface area contributed by atoms with Crippen LogP contribution in [0.4, 0.5) is 13.2 Å². The standard InChI is InChI=1S/C9H4F3N3O/c10-9(11,12)16-7-3-6(4-14)8(1-2-13)15-5-7/h3,5H,1H2. The maximum absolute atomic E-state index is 11.8. The maximum Gasteiger partial charge on any atom is 0.573 e. The molecule has 4 nitrogen and oxygen atoms in total. The lowest BCUT2D eigenvalue weighted by Crippen LogP contribution is -2.17. The third kappa shape index (κ3) is 3.14. The lowest BCUT2D eigenvalue weighted by Gasteiger charge is -2.08. The van der Waals surface area contributed by atoms with Crippen LogP contribution >= 0.6 is 0 Å². The number of halogens is 3. The first-order valence-electron chi connectivity index (χ1n) is 3.98. The van der Waals surface area contributed by atoms with Crippen LogP contribution in [0.2, 0.25) is 0 Å². The smallest absolute Gasteiger partial charge is 0.404 e. The van der Waals surface area contributed by atoms with Crippen molar-refractivity contribution in [1.82, 2.24) is 4.98 Å². The van der Waals surface area contributed by atoms with Crippen LogP contribution in [0, 0.1) is 22.7 Å². The van der Waals surface area contributed by atoms with Gasteiger partial charge in [-0.2, -0.15) is 10.5 Å². The highest BCUT2D eigenvalue weighted by Crippen LogP contribution is 2.23. The van der Waals surface area contributed by atoms with Crippen molar-refractivity contribution in [3.05, 3.63) is 23.5 Å². The number of alkyl halides is 3. The van der Waals surface area contributed by atoms with Crippen molar-refractivity contribution in [3.63, 3.8) is 0 Å². The van der Waals surface area contributed by atoms with E-state index >= 15 is 0 Å². The van der Waals surface area contributed by atoms with E-state index in [2.05, 4.69) is 9.72 Å². The Hall–Kier alpha value is -2.28. The quantitative estimate of drug-likeness (QED) is 0.773. The Morgan fingerprint density at radius 3 is 2.56 bits per heavy atom. The number of ether oxygens (including phenoxy) is 1. The van der Waals surface area contributed by atoms with E-state index < -0.39 is 12.1 Å². The monoisotopic (exact) mass is 227 g/mol. The van der Waals surface area contributed by atoms with Gasteiger partial charge in [0.1, 0.15) is 11.8 Å². The van der Waals surface area contributed by atoms with E-state index in [1.807, 2.05) is 0 Å². The number of pyridine rings is 1. The van der Waals surface area contributed by atoms with E-state index in [0.29, 0.717) is 0 Å². The minimum Gasteiger partial charge on any atom is -0.404 e. The summed E-state index contributed by atoms with van der Waals surface area (Å²) in [7, 11) is 0. The number of hydrogen-bond donors (Lipinski definition) is 0. The van der Waals surface area contributed by atoms with Crippen LogP contribution in [0.3, 0.4) is 0 Å². The second-order valence-electron chi connectivity index (χ2n) is 2.66. The lowest BCUT2D eigenvalue weighted by atomic mass is 10.1. The SMILES string of the molecule is N#CCc1ncc(OC(F)(F)F)cc1C#N. The van der Waals surface area contributed by atoms with Crippen molar-refractivity contribution in [2.24, 2.45) is 0 Å². The first-order valence-corrected chi connectivity index (χ1v) is 3.98. The van der Waals surface area contributed by atoms with E-state index in [0.717, 1.165) is 12.3 Å². The first kappa shape index (κ1) is 11.8. The van der Waals surface area contributed by atoms with Crippen molar-refractivity contribution < 1.29 is 17.9 Å². The summed E-state index contributed by atoms with van der Waals surface area (Å²) in [5.41, 5.74) is 0.0165. The molecule has 1 aromatic rings. The largest absolute Gasteiger partial charge is 0.573 e. The minimum absolute atomic E-state index is 0.108. The Morgan fingerprint density at radius 1 is 1.38 bits per heavy atom. The molecule has 0 saturated heterocycles. The zero-order valence-electron chi connectivity index (χ0n) is 7.75. The number of aromatic nitrogens is 1. The van der Waals surface area contributed by atoms with Crippen molar-refractivity contribution >= 4 is 0 Å². The van der Waals surface area contributed by atoms with E-state index in [1.165, 1.54) is 0 Å². The molecular formula is C9H4F3N3O. The summed E-state index contributed by atoms with van der Waals surface area (Å²) in [4.78, 5) is 3.55. The van der Waals surface area contributed by atoms with Gasteiger partial charge in [0.15, 0.2) is 0 Å². The van der Waals surface area contributed by atoms with Gasteiger partial charge < -0.3 is 4.74 Å². The molecule has 0 aliphatic carbocycles. The van der Waals surface area contributed by atoms with Gasteiger partial charge in [0.25, 0.3) is 0 Å². The number of rotatable bonds is 2. The molecule has 0 N–H and O–H groups in total. The highest BCUT2D eigenvalue weighted by molar-refractivity contribution is 5.39. The molecule has 0 fully saturated rings. The van der Waals surface area contributed by atoms with Crippen LogP contribution in [-0.4, -0.2) is 11.3 Å². The van der Waals surface area contributed by atoms with Gasteiger partial charge in [-0.3, -0.25) is 4.98 Å². The Kier molecular flexibility index (Phi) is 3.31. The molecule has 0 unspecified atom stereocenters. The first-order chi connectivity index (χ1) is 7.46. The average Bonchev–Trinajstić information content (AvgIpc) is 2.18. The molecule has 0 aliphatic rings. The minimum atomic E-state index is -4.83. The van der Waals surface area contributed by atoms with Crippen LogP contribution in [-0.2, 0) is 6.42 Å².